The first-order valence-electron chi connectivity index (χ1n) is 9.91. The molecule has 1 amide bonds. The third-order valence-electron chi connectivity index (χ3n) is 5.54. The number of benzene rings is 2. The molecule has 2 aromatic rings. The highest BCUT2D eigenvalue weighted by Gasteiger charge is 2.27. The predicted octanol–water partition coefficient (Wildman–Crippen LogP) is 3.91. The summed E-state index contributed by atoms with van der Waals surface area (Å²) in [6, 6.07) is 15.4. The van der Waals surface area contributed by atoms with Gasteiger partial charge in [0.05, 0.1) is 20.3 Å². The average molecular weight is 383 g/mol. The van der Waals surface area contributed by atoms with Crippen LogP contribution >= 0.6 is 0 Å². The highest BCUT2D eigenvalue weighted by molar-refractivity contribution is 5.94. The maximum atomic E-state index is 12.7. The molecule has 3 rings (SSSR count). The molecule has 2 aromatic carbocycles. The second-order valence-corrected chi connectivity index (χ2v) is 7.42. The second kappa shape index (κ2) is 9.60. The fraction of sp³-hybridized carbons (Fsp3) is 0.435. The number of likely N-dealkylation sites (tertiary alicyclic amines) is 1. The lowest BCUT2D eigenvalue weighted by atomic mass is 9.95. The van der Waals surface area contributed by atoms with Crippen LogP contribution in [0.3, 0.4) is 0 Å². The first-order chi connectivity index (χ1) is 13.6. The lowest BCUT2D eigenvalue weighted by Crippen LogP contribution is -2.42. The number of ether oxygens (including phenoxy) is 2. The van der Waals surface area contributed by atoms with Gasteiger partial charge in [-0.1, -0.05) is 31.2 Å². The van der Waals surface area contributed by atoms with E-state index < -0.39 is 0 Å². The summed E-state index contributed by atoms with van der Waals surface area (Å²) in [6.45, 7) is 4.89. The molecule has 1 aliphatic rings. The molecule has 150 valence electrons. The van der Waals surface area contributed by atoms with Gasteiger partial charge in [0.2, 0.25) is 0 Å². The largest absolute Gasteiger partial charge is 0.497 e. The molecule has 1 atom stereocenters. The zero-order chi connectivity index (χ0) is 19.9. The fourth-order valence-corrected chi connectivity index (χ4v) is 3.77. The fourth-order valence-electron chi connectivity index (χ4n) is 3.77. The van der Waals surface area contributed by atoms with Crippen LogP contribution in [0.1, 0.15) is 41.7 Å². The van der Waals surface area contributed by atoms with Gasteiger partial charge in [-0.15, -0.1) is 0 Å². The molecule has 5 heteroatoms. The van der Waals surface area contributed by atoms with Crippen molar-refractivity contribution in [1.82, 2.24) is 10.2 Å². The van der Waals surface area contributed by atoms with E-state index in [1.165, 1.54) is 12.8 Å². The summed E-state index contributed by atoms with van der Waals surface area (Å²) in [7, 11) is 3.30. The van der Waals surface area contributed by atoms with Gasteiger partial charge in [-0.25, -0.2) is 0 Å². The van der Waals surface area contributed by atoms with Crippen LogP contribution in [0.2, 0.25) is 0 Å². The van der Waals surface area contributed by atoms with Gasteiger partial charge < -0.3 is 14.8 Å². The summed E-state index contributed by atoms with van der Waals surface area (Å²) >= 11 is 0. The van der Waals surface area contributed by atoms with Gasteiger partial charge in [0.25, 0.3) is 5.91 Å². The Morgan fingerprint density at radius 1 is 1.11 bits per heavy atom. The zero-order valence-corrected chi connectivity index (χ0v) is 17.0. The molecule has 1 saturated heterocycles. The average Bonchev–Trinajstić information content (AvgIpc) is 2.75. The third-order valence-corrected chi connectivity index (χ3v) is 5.54. The molecule has 1 aliphatic heterocycles. The van der Waals surface area contributed by atoms with Crippen LogP contribution in [-0.4, -0.2) is 44.7 Å². The third kappa shape index (κ3) is 4.84. The topological polar surface area (TPSA) is 50.8 Å². The zero-order valence-electron chi connectivity index (χ0n) is 17.0. The number of rotatable bonds is 7. The first-order valence-corrected chi connectivity index (χ1v) is 9.91. The van der Waals surface area contributed by atoms with Crippen molar-refractivity contribution in [3.63, 3.8) is 0 Å². The number of hydrogen-bond donors (Lipinski definition) is 1. The number of hydrogen-bond acceptors (Lipinski definition) is 4. The van der Waals surface area contributed by atoms with Crippen molar-refractivity contribution < 1.29 is 14.3 Å². The number of nitrogens with zero attached hydrogens (tertiary/aromatic N) is 1. The van der Waals surface area contributed by atoms with Gasteiger partial charge in [0.1, 0.15) is 11.5 Å². The van der Waals surface area contributed by atoms with E-state index >= 15 is 0 Å². The summed E-state index contributed by atoms with van der Waals surface area (Å²) in [5.74, 6) is 2.20. The van der Waals surface area contributed by atoms with E-state index in [4.69, 9.17) is 9.47 Å². The molecular formula is C23H30N2O3. The van der Waals surface area contributed by atoms with Crippen LogP contribution in [0.4, 0.5) is 0 Å². The highest BCUT2D eigenvalue weighted by Crippen LogP contribution is 2.32. The Hall–Kier alpha value is -2.53. The molecule has 0 aliphatic carbocycles. The summed E-state index contributed by atoms with van der Waals surface area (Å²) in [6.07, 6.45) is 2.35. The molecule has 0 spiro atoms. The Bertz CT molecular complexity index is 785. The smallest absolute Gasteiger partial charge is 0.251 e. The van der Waals surface area contributed by atoms with Crippen molar-refractivity contribution >= 4 is 5.91 Å². The lowest BCUT2D eigenvalue weighted by molar-refractivity contribution is 0.0910. The van der Waals surface area contributed by atoms with Crippen LogP contribution in [-0.2, 0) is 0 Å². The number of nitrogens with one attached hydrogen (secondary N) is 1. The second-order valence-electron chi connectivity index (χ2n) is 7.42. The first kappa shape index (κ1) is 20.2. The summed E-state index contributed by atoms with van der Waals surface area (Å²) in [5.41, 5.74) is 1.72. The van der Waals surface area contributed by atoms with E-state index in [1.807, 2.05) is 30.3 Å². The van der Waals surface area contributed by atoms with Crippen molar-refractivity contribution in [1.29, 1.82) is 0 Å². The standard InChI is InChI=1S/C23H30N2O3/c1-17-11-13-25(14-12-17)21(20-9-4-5-10-22(20)28-3)16-24-23(26)18-7-6-8-19(15-18)27-2/h4-10,15,17,21H,11-14,16H2,1-3H3,(H,24,26). The van der Waals surface area contributed by atoms with Gasteiger partial charge in [-0.05, 0) is 56.1 Å². The molecule has 1 fully saturated rings. The predicted molar refractivity (Wildman–Crippen MR) is 111 cm³/mol. The SMILES string of the molecule is COc1cccc(C(=O)NCC(c2ccccc2OC)N2CCC(C)CC2)c1. The normalized spacial score (nSPS) is 16.4. The number of piperidine rings is 1. The maximum absolute atomic E-state index is 12.7. The van der Waals surface area contributed by atoms with Gasteiger partial charge in [0.15, 0.2) is 0 Å². The van der Waals surface area contributed by atoms with E-state index in [0.717, 1.165) is 30.3 Å². The van der Waals surface area contributed by atoms with Crippen LogP contribution < -0.4 is 14.8 Å². The molecule has 1 heterocycles. The van der Waals surface area contributed by atoms with Gasteiger partial charge in [-0.2, -0.15) is 0 Å². The van der Waals surface area contributed by atoms with E-state index in [-0.39, 0.29) is 11.9 Å². The van der Waals surface area contributed by atoms with E-state index in [2.05, 4.69) is 23.2 Å². The Morgan fingerprint density at radius 3 is 2.57 bits per heavy atom. The minimum atomic E-state index is -0.0934. The summed E-state index contributed by atoms with van der Waals surface area (Å²) in [4.78, 5) is 15.2. The molecule has 28 heavy (non-hydrogen) atoms. The molecule has 1 unspecified atom stereocenters. The number of para-hydroxylation sites is 1. The van der Waals surface area contributed by atoms with Crippen LogP contribution in [0.15, 0.2) is 48.5 Å². The Labute approximate surface area is 167 Å². The van der Waals surface area contributed by atoms with E-state index in [9.17, 15) is 4.79 Å². The van der Waals surface area contributed by atoms with Crippen LogP contribution in [0.25, 0.3) is 0 Å². The van der Waals surface area contributed by atoms with E-state index in [1.54, 1.807) is 26.4 Å². The maximum Gasteiger partial charge on any atom is 0.251 e. The molecular weight excluding hydrogens is 352 g/mol. The molecule has 0 aromatic heterocycles. The lowest BCUT2D eigenvalue weighted by Gasteiger charge is -2.37. The van der Waals surface area contributed by atoms with Gasteiger partial charge in [0, 0.05) is 17.7 Å². The summed E-state index contributed by atoms with van der Waals surface area (Å²) < 4.78 is 10.8. The van der Waals surface area contributed by atoms with Crippen molar-refractivity contribution in [2.75, 3.05) is 33.9 Å². The Balaban J connectivity index is 1.78. The van der Waals surface area contributed by atoms with Crippen LogP contribution in [0, 0.1) is 5.92 Å². The minimum Gasteiger partial charge on any atom is -0.497 e. The van der Waals surface area contributed by atoms with Crippen LogP contribution in [0.5, 0.6) is 11.5 Å². The van der Waals surface area contributed by atoms with Gasteiger partial charge >= 0.3 is 0 Å². The highest BCUT2D eigenvalue weighted by atomic mass is 16.5. The van der Waals surface area contributed by atoms with Crippen molar-refractivity contribution in [2.24, 2.45) is 5.92 Å². The quantitative estimate of drug-likeness (QED) is 0.789. The molecule has 0 saturated carbocycles. The minimum absolute atomic E-state index is 0.0817. The molecule has 1 N–H and O–H groups in total. The number of carbonyl (C=O) groups is 1. The monoisotopic (exact) mass is 382 g/mol. The Kier molecular flexibility index (Phi) is 6.93. The van der Waals surface area contributed by atoms with Crippen molar-refractivity contribution in [3.8, 4) is 11.5 Å². The number of amides is 1. The summed E-state index contributed by atoms with van der Waals surface area (Å²) in [5, 5.41) is 3.12. The number of carbonyl (C=O) groups excluding carboxylic acids is 1. The molecule has 5 nitrogen and oxygen atoms in total. The van der Waals surface area contributed by atoms with Crippen molar-refractivity contribution in [3.05, 3.63) is 59.7 Å². The van der Waals surface area contributed by atoms with Gasteiger partial charge in [-0.3, -0.25) is 9.69 Å². The van der Waals surface area contributed by atoms with Crippen molar-refractivity contribution in [2.45, 2.75) is 25.8 Å². The number of methoxy groups -OCH3 is 2. The molecule has 0 radical (unpaired) electrons. The Morgan fingerprint density at radius 2 is 1.86 bits per heavy atom. The van der Waals surface area contributed by atoms with E-state index in [0.29, 0.717) is 17.9 Å². The molecule has 0 bridgehead atoms.